The number of nitrogens with zero attached hydrogens (tertiary/aromatic N) is 2. The van der Waals surface area contributed by atoms with Crippen LogP contribution in [0.25, 0.3) is 10.9 Å². The number of benzene rings is 1. The lowest BCUT2D eigenvalue weighted by Gasteiger charge is -2.25. The SMILES string of the molecule is CCCCN(CCCC)CC(O)c1ccnc2c(Cl)cc(Cl)cc12. The Balaban J connectivity index is 2.24. The first-order valence-electron chi connectivity index (χ1n) is 8.70. The number of aromatic nitrogens is 1. The molecule has 0 radical (unpaired) electrons. The molecule has 132 valence electrons. The summed E-state index contributed by atoms with van der Waals surface area (Å²) in [6, 6.07) is 5.37. The molecule has 2 aromatic rings. The average molecular weight is 369 g/mol. The highest BCUT2D eigenvalue weighted by atomic mass is 35.5. The summed E-state index contributed by atoms with van der Waals surface area (Å²) in [5, 5.41) is 12.7. The van der Waals surface area contributed by atoms with Crippen LogP contribution < -0.4 is 0 Å². The second-order valence-electron chi connectivity index (χ2n) is 6.21. The summed E-state index contributed by atoms with van der Waals surface area (Å²) in [7, 11) is 0. The minimum Gasteiger partial charge on any atom is -0.387 e. The molecule has 0 saturated heterocycles. The van der Waals surface area contributed by atoms with Crippen molar-refractivity contribution < 1.29 is 5.11 Å². The van der Waals surface area contributed by atoms with Crippen LogP contribution >= 0.6 is 23.2 Å². The number of rotatable bonds is 9. The first kappa shape index (κ1) is 19.5. The highest BCUT2D eigenvalue weighted by molar-refractivity contribution is 6.38. The fraction of sp³-hybridized carbons (Fsp3) is 0.526. The van der Waals surface area contributed by atoms with Crippen LogP contribution in [0.3, 0.4) is 0 Å². The van der Waals surface area contributed by atoms with Crippen LogP contribution in [0.4, 0.5) is 0 Å². The fourth-order valence-electron chi connectivity index (χ4n) is 2.89. The minimum atomic E-state index is -0.584. The van der Waals surface area contributed by atoms with Crippen molar-refractivity contribution >= 4 is 34.1 Å². The second kappa shape index (κ2) is 9.57. The van der Waals surface area contributed by atoms with Crippen molar-refractivity contribution in [2.24, 2.45) is 0 Å². The Morgan fingerprint density at radius 2 is 1.79 bits per heavy atom. The molecule has 24 heavy (non-hydrogen) atoms. The van der Waals surface area contributed by atoms with E-state index in [-0.39, 0.29) is 0 Å². The van der Waals surface area contributed by atoms with Gasteiger partial charge in [0.15, 0.2) is 0 Å². The molecule has 0 aliphatic rings. The van der Waals surface area contributed by atoms with Gasteiger partial charge in [0.1, 0.15) is 0 Å². The summed E-state index contributed by atoms with van der Waals surface area (Å²) in [5.74, 6) is 0. The molecule has 3 nitrogen and oxygen atoms in total. The molecule has 1 aromatic carbocycles. The average Bonchev–Trinajstić information content (AvgIpc) is 2.56. The van der Waals surface area contributed by atoms with E-state index in [0.29, 0.717) is 22.1 Å². The van der Waals surface area contributed by atoms with Crippen molar-refractivity contribution in [1.29, 1.82) is 0 Å². The molecule has 1 unspecified atom stereocenters. The summed E-state index contributed by atoms with van der Waals surface area (Å²) in [5.41, 5.74) is 1.52. The first-order chi connectivity index (χ1) is 11.6. The molecular weight excluding hydrogens is 343 g/mol. The Hall–Kier alpha value is -0.870. The van der Waals surface area contributed by atoms with Crippen molar-refractivity contribution in [3.8, 4) is 0 Å². The van der Waals surface area contributed by atoms with Gasteiger partial charge in [-0.15, -0.1) is 0 Å². The molecule has 1 aromatic heterocycles. The number of aliphatic hydroxyl groups is 1. The van der Waals surface area contributed by atoms with Gasteiger partial charge in [-0.05, 0) is 49.7 Å². The zero-order valence-corrected chi connectivity index (χ0v) is 15.9. The number of hydrogen-bond acceptors (Lipinski definition) is 3. The summed E-state index contributed by atoms with van der Waals surface area (Å²) in [6.45, 7) is 7.02. The van der Waals surface area contributed by atoms with Gasteiger partial charge < -0.3 is 10.0 Å². The van der Waals surface area contributed by atoms with Gasteiger partial charge >= 0.3 is 0 Å². The molecule has 0 amide bonds. The molecule has 0 fully saturated rings. The van der Waals surface area contributed by atoms with Gasteiger partial charge in [0.05, 0.1) is 16.6 Å². The minimum absolute atomic E-state index is 0.514. The largest absolute Gasteiger partial charge is 0.387 e. The lowest BCUT2D eigenvalue weighted by atomic mass is 10.0. The van der Waals surface area contributed by atoms with E-state index in [2.05, 4.69) is 23.7 Å². The number of pyridine rings is 1. The quantitative estimate of drug-likeness (QED) is 0.636. The van der Waals surface area contributed by atoms with E-state index >= 15 is 0 Å². The molecule has 1 N–H and O–H groups in total. The van der Waals surface area contributed by atoms with E-state index in [0.717, 1.165) is 49.7 Å². The van der Waals surface area contributed by atoms with E-state index in [1.165, 1.54) is 0 Å². The Morgan fingerprint density at radius 1 is 1.12 bits per heavy atom. The first-order valence-corrected chi connectivity index (χ1v) is 9.46. The van der Waals surface area contributed by atoms with Gasteiger partial charge in [-0.3, -0.25) is 4.98 Å². The maximum atomic E-state index is 10.8. The number of hydrogen-bond donors (Lipinski definition) is 1. The third-order valence-electron chi connectivity index (χ3n) is 4.24. The van der Waals surface area contributed by atoms with Crippen molar-refractivity contribution in [3.63, 3.8) is 0 Å². The number of fused-ring (bicyclic) bond motifs is 1. The van der Waals surface area contributed by atoms with Gasteiger partial charge in [0.25, 0.3) is 0 Å². The third kappa shape index (κ3) is 5.06. The van der Waals surface area contributed by atoms with E-state index in [4.69, 9.17) is 23.2 Å². The van der Waals surface area contributed by atoms with Crippen LogP contribution in [-0.4, -0.2) is 34.6 Å². The molecule has 2 rings (SSSR count). The highest BCUT2D eigenvalue weighted by Crippen LogP contribution is 2.31. The molecule has 5 heteroatoms. The number of aliphatic hydroxyl groups excluding tert-OH is 1. The molecule has 0 spiro atoms. The predicted molar refractivity (Wildman–Crippen MR) is 103 cm³/mol. The van der Waals surface area contributed by atoms with E-state index in [1.807, 2.05) is 12.1 Å². The molecular formula is C19H26Cl2N2O. The van der Waals surface area contributed by atoms with Crippen LogP contribution in [0.5, 0.6) is 0 Å². The van der Waals surface area contributed by atoms with Crippen molar-refractivity contribution in [1.82, 2.24) is 9.88 Å². The molecule has 1 atom stereocenters. The van der Waals surface area contributed by atoms with E-state index < -0.39 is 6.10 Å². The van der Waals surface area contributed by atoms with Crippen molar-refractivity contribution in [2.45, 2.75) is 45.6 Å². The molecule has 0 aliphatic heterocycles. The lowest BCUT2D eigenvalue weighted by molar-refractivity contribution is 0.112. The maximum absolute atomic E-state index is 10.8. The molecule has 0 bridgehead atoms. The molecule has 0 saturated carbocycles. The van der Waals surface area contributed by atoms with Gasteiger partial charge in [0, 0.05) is 23.2 Å². The second-order valence-corrected chi connectivity index (χ2v) is 7.05. The Morgan fingerprint density at radius 3 is 2.42 bits per heavy atom. The topological polar surface area (TPSA) is 36.4 Å². The van der Waals surface area contributed by atoms with Crippen molar-refractivity contribution in [2.75, 3.05) is 19.6 Å². The van der Waals surface area contributed by atoms with Crippen LogP contribution in [0.15, 0.2) is 24.4 Å². The molecule has 1 heterocycles. The zero-order valence-electron chi connectivity index (χ0n) is 14.4. The summed E-state index contributed by atoms with van der Waals surface area (Å²) < 4.78 is 0. The monoisotopic (exact) mass is 368 g/mol. The Bertz CT molecular complexity index is 655. The Labute approximate surface area is 154 Å². The van der Waals surface area contributed by atoms with E-state index in [1.54, 1.807) is 12.3 Å². The van der Waals surface area contributed by atoms with Crippen LogP contribution in [0.2, 0.25) is 10.0 Å². The normalized spacial score (nSPS) is 12.9. The summed E-state index contributed by atoms with van der Waals surface area (Å²) in [4.78, 5) is 6.67. The van der Waals surface area contributed by atoms with Gasteiger partial charge in [-0.1, -0.05) is 49.9 Å². The zero-order chi connectivity index (χ0) is 17.5. The number of halogens is 2. The standard InChI is InChI=1S/C19H26Cl2N2O/c1-3-5-9-23(10-6-4-2)13-18(24)15-7-8-22-19-16(15)11-14(20)12-17(19)21/h7-8,11-12,18,24H,3-6,9-10,13H2,1-2H3. The van der Waals surface area contributed by atoms with Crippen LogP contribution in [0.1, 0.15) is 51.2 Å². The third-order valence-corrected chi connectivity index (χ3v) is 4.75. The predicted octanol–water partition coefficient (Wildman–Crippen LogP) is 5.48. The maximum Gasteiger partial charge on any atom is 0.0924 e. The summed E-state index contributed by atoms with van der Waals surface area (Å²) >= 11 is 12.4. The summed E-state index contributed by atoms with van der Waals surface area (Å²) in [6.07, 6.45) is 5.71. The van der Waals surface area contributed by atoms with Gasteiger partial charge in [-0.25, -0.2) is 0 Å². The van der Waals surface area contributed by atoms with Crippen LogP contribution in [-0.2, 0) is 0 Å². The van der Waals surface area contributed by atoms with Gasteiger partial charge in [-0.2, -0.15) is 0 Å². The van der Waals surface area contributed by atoms with Crippen molar-refractivity contribution in [3.05, 3.63) is 40.0 Å². The number of unbranched alkanes of at least 4 members (excludes halogenated alkanes) is 2. The van der Waals surface area contributed by atoms with E-state index in [9.17, 15) is 5.11 Å². The smallest absolute Gasteiger partial charge is 0.0924 e. The molecule has 0 aliphatic carbocycles. The van der Waals surface area contributed by atoms with Crippen LogP contribution in [0, 0.1) is 0 Å². The van der Waals surface area contributed by atoms with Gasteiger partial charge in [0.2, 0.25) is 0 Å². The lowest BCUT2D eigenvalue weighted by Crippen LogP contribution is -2.30. The fourth-order valence-corrected chi connectivity index (χ4v) is 3.43. The Kier molecular flexibility index (Phi) is 7.76. The highest BCUT2D eigenvalue weighted by Gasteiger charge is 2.17.